The topological polar surface area (TPSA) is 96.8 Å². The number of carboxylic acid groups (broad SMARTS) is 1. The van der Waals surface area contributed by atoms with Crippen molar-refractivity contribution in [1.82, 2.24) is 9.29 Å². The van der Waals surface area contributed by atoms with Crippen LogP contribution in [-0.4, -0.2) is 48.2 Å². The molecule has 2 heterocycles. The molecule has 20 heavy (non-hydrogen) atoms. The standard InChI is InChI=1S/C11H13ClN2O5S/c1-7-3-4-8(9(12)13-7)20(17,18)14-5-2-6-19-10(14)11(15)16/h3-4,10H,2,5-6H2,1H3,(H,15,16). The van der Waals surface area contributed by atoms with Crippen LogP contribution in [0.5, 0.6) is 0 Å². The monoisotopic (exact) mass is 320 g/mol. The number of carbonyl (C=O) groups is 1. The first-order valence-electron chi connectivity index (χ1n) is 5.83. The molecule has 0 bridgehead atoms. The highest BCUT2D eigenvalue weighted by molar-refractivity contribution is 7.89. The molecule has 2 rings (SSSR count). The summed E-state index contributed by atoms with van der Waals surface area (Å²) >= 11 is 5.86. The normalized spacial score (nSPS) is 20.8. The van der Waals surface area contributed by atoms with E-state index in [0.29, 0.717) is 12.1 Å². The Labute approximate surface area is 121 Å². The van der Waals surface area contributed by atoms with Crippen LogP contribution in [0.15, 0.2) is 17.0 Å². The number of ether oxygens (including phenoxy) is 1. The molecule has 1 atom stereocenters. The molecular formula is C11H13ClN2O5S. The van der Waals surface area contributed by atoms with Gasteiger partial charge in [-0.3, -0.25) is 0 Å². The molecule has 9 heteroatoms. The molecule has 0 saturated carbocycles. The van der Waals surface area contributed by atoms with E-state index in [4.69, 9.17) is 21.4 Å². The zero-order valence-corrected chi connectivity index (χ0v) is 12.2. The van der Waals surface area contributed by atoms with Gasteiger partial charge in [-0.25, -0.2) is 18.2 Å². The Bertz CT molecular complexity index is 634. The lowest BCUT2D eigenvalue weighted by Gasteiger charge is -2.31. The molecule has 1 aromatic heterocycles. The second kappa shape index (κ2) is 5.65. The molecule has 1 unspecified atom stereocenters. The summed E-state index contributed by atoms with van der Waals surface area (Å²) in [7, 11) is -4.07. The summed E-state index contributed by atoms with van der Waals surface area (Å²) in [5.41, 5.74) is 0.568. The smallest absolute Gasteiger partial charge is 0.349 e. The van der Waals surface area contributed by atoms with E-state index in [1.54, 1.807) is 6.92 Å². The number of hydrogen-bond acceptors (Lipinski definition) is 5. The first-order chi connectivity index (χ1) is 9.34. The van der Waals surface area contributed by atoms with Crippen molar-refractivity contribution in [2.75, 3.05) is 13.2 Å². The number of rotatable bonds is 3. The van der Waals surface area contributed by atoms with E-state index in [9.17, 15) is 13.2 Å². The van der Waals surface area contributed by atoms with Gasteiger partial charge in [0.25, 0.3) is 0 Å². The maximum atomic E-state index is 12.5. The van der Waals surface area contributed by atoms with Gasteiger partial charge in [0.15, 0.2) is 0 Å². The minimum Gasteiger partial charge on any atom is -0.478 e. The fraction of sp³-hybridized carbons (Fsp3) is 0.455. The lowest BCUT2D eigenvalue weighted by molar-refractivity contribution is -0.163. The summed E-state index contributed by atoms with van der Waals surface area (Å²) < 4.78 is 30.8. The fourth-order valence-corrected chi connectivity index (χ4v) is 3.90. The minimum absolute atomic E-state index is 0.0590. The second-order valence-corrected chi connectivity index (χ2v) is 6.49. The zero-order valence-electron chi connectivity index (χ0n) is 10.6. The van der Waals surface area contributed by atoms with E-state index < -0.39 is 22.2 Å². The van der Waals surface area contributed by atoms with E-state index in [2.05, 4.69) is 4.98 Å². The third-order valence-corrected chi connectivity index (χ3v) is 5.09. The second-order valence-electron chi connectivity index (χ2n) is 4.27. The fourth-order valence-electron chi connectivity index (χ4n) is 1.89. The predicted molar refractivity (Wildman–Crippen MR) is 69.9 cm³/mol. The van der Waals surface area contributed by atoms with Crippen LogP contribution in [0.4, 0.5) is 0 Å². The maximum absolute atomic E-state index is 12.5. The Hall–Kier alpha value is -1.22. The number of aliphatic carboxylic acids is 1. The zero-order chi connectivity index (χ0) is 14.9. The van der Waals surface area contributed by atoms with Gasteiger partial charge in [0.1, 0.15) is 10.0 Å². The van der Waals surface area contributed by atoms with Gasteiger partial charge in [-0.1, -0.05) is 11.6 Å². The molecule has 0 aromatic carbocycles. The Kier molecular flexibility index (Phi) is 4.28. The molecule has 1 aliphatic heterocycles. The third kappa shape index (κ3) is 2.78. The molecule has 0 aliphatic carbocycles. The third-order valence-electron chi connectivity index (χ3n) is 2.81. The van der Waals surface area contributed by atoms with Crippen LogP contribution in [0.25, 0.3) is 0 Å². The minimum atomic E-state index is -4.07. The van der Waals surface area contributed by atoms with E-state index in [-0.39, 0.29) is 23.2 Å². The number of aromatic nitrogens is 1. The largest absolute Gasteiger partial charge is 0.478 e. The van der Waals surface area contributed by atoms with Crippen LogP contribution in [-0.2, 0) is 19.6 Å². The maximum Gasteiger partial charge on any atom is 0.349 e. The van der Waals surface area contributed by atoms with Crippen molar-refractivity contribution in [3.8, 4) is 0 Å². The van der Waals surface area contributed by atoms with Crippen LogP contribution >= 0.6 is 11.6 Å². The summed E-state index contributed by atoms with van der Waals surface area (Å²) in [6.07, 6.45) is -1.12. The highest BCUT2D eigenvalue weighted by atomic mass is 35.5. The van der Waals surface area contributed by atoms with Gasteiger partial charge in [0.05, 0.1) is 6.61 Å². The molecule has 1 aromatic rings. The van der Waals surface area contributed by atoms with Gasteiger partial charge in [0.2, 0.25) is 16.3 Å². The van der Waals surface area contributed by atoms with Gasteiger partial charge in [-0.2, -0.15) is 4.31 Å². The van der Waals surface area contributed by atoms with E-state index in [0.717, 1.165) is 4.31 Å². The van der Waals surface area contributed by atoms with Crippen molar-refractivity contribution >= 4 is 27.6 Å². The molecule has 1 saturated heterocycles. The van der Waals surface area contributed by atoms with Crippen molar-refractivity contribution in [2.24, 2.45) is 0 Å². The van der Waals surface area contributed by atoms with Gasteiger partial charge < -0.3 is 9.84 Å². The summed E-state index contributed by atoms with van der Waals surface area (Å²) in [6, 6.07) is 2.81. The van der Waals surface area contributed by atoms with Crippen LogP contribution in [0.2, 0.25) is 5.15 Å². The number of hydrogen-bond donors (Lipinski definition) is 1. The molecule has 0 radical (unpaired) electrons. The number of aryl methyl sites for hydroxylation is 1. The van der Waals surface area contributed by atoms with Crippen LogP contribution in [0, 0.1) is 6.92 Å². The summed E-state index contributed by atoms with van der Waals surface area (Å²) in [5, 5.41) is 8.87. The van der Waals surface area contributed by atoms with Crippen LogP contribution < -0.4 is 0 Å². The summed E-state index contributed by atoms with van der Waals surface area (Å²) in [4.78, 5) is 14.8. The lowest BCUT2D eigenvalue weighted by atomic mass is 10.4. The Balaban J connectivity index is 2.45. The SMILES string of the molecule is Cc1ccc(S(=O)(=O)N2CCCOC2C(=O)O)c(Cl)n1. The van der Waals surface area contributed by atoms with Crippen molar-refractivity contribution in [2.45, 2.75) is 24.5 Å². The highest BCUT2D eigenvalue weighted by Crippen LogP contribution is 2.26. The van der Waals surface area contributed by atoms with E-state index >= 15 is 0 Å². The summed E-state index contributed by atoms with van der Waals surface area (Å²) in [5.74, 6) is -1.36. The number of halogens is 1. The van der Waals surface area contributed by atoms with Crippen molar-refractivity contribution in [3.63, 3.8) is 0 Å². The van der Waals surface area contributed by atoms with Crippen molar-refractivity contribution in [1.29, 1.82) is 0 Å². The number of pyridine rings is 1. The highest BCUT2D eigenvalue weighted by Gasteiger charge is 2.39. The molecule has 1 aliphatic rings. The lowest BCUT2D eigenvalue weighted by Crippen LogP contribution is -2.50. The van der Waals surface area contributed by atoms with Crippen LogP contribution in [0.1, 0.15) is 12.1 Å². The van der Waals surface area contributed by atoms with E-state index in [1.165, 1.54) is 12.1 Å². The quantitative estimate of drug-likeness (QED) is 0.830. The molecule has 7 nitrogen and oxygen atoms in total. The van der Waals surface area contributed by atoms with Crippen LogP contribution in [0.3, 0.4) is 0 Å². The molecular weight excluding hydrogens is 308 g/mol. The van der Waals surface area contributed by atoms with Crippen molar-refractivity contribution < 1.29 is 23.1 Å². The first kappa shape index (κ1) is 15.2. The number of sulfonamides is 1. The Morgan fingerprint density at radius 3 is 2.85 bits per heavy atom. The molecule has 1 fully saturated rings. The Morgan fingerprint density at radius 1 is 1.55 bits per heavy atom. The van der Waals surface area contributed by atoms with Gasteiger partial charge in [-0.15, -0.1) is 0 Å². The van der Waals surface area contributed by atoms with Gasteiger partial charge in [-0.05, 0) is 25.5 Å². The number of carboxylic acids is 1. The summed E-state index contributed by atoms with van der Waals surface area (Å²) in [6.45, 7) is 1.93. The molecule has 0 amide bonds. The average molecular weight is 321 g/mol. The molecule has 1 N–H and O–H groups in total. The first-order valence-corrected chi connectivity index (χ1v) is 7.65. The van der Waals surface area contributed by atoms with Gasteiger partial charge in [0, 0.05) is 12.2 Å². The average Bonchev–Trinajstić information content (AvgIpc) is 2.38. The van der Waals surface area contributed by atoms with Gasteiger partial charge >= 0.3 is 5.97 Å². The predicted octanol–water partition coefficient (Wildman–Crippen LogP) is 0.865. The van der Waals surface area contributed by atoms with E-state index in [1.807, 2.05) is 0 Å². The number of nitrogens with zero attached hydrogens (tertiary/aromatic N) is 2. The Morgan fingerprint density at radius 2 is 2.25 bits per heavy atom. The molecule has 0 spiro atoms. The van der Waals surface area contributed by atoms with Crippen molar-refractivity contribution in [3.05, 3.63) is 23.0 Å². The molecule has 110 valence electrons.